The Morgan fingerprint density at radius 2 is 1.42 bits per heavy atom. The highest BCUT2D eigenvalue weighted by atomic mass is 16.5. The Balaban J connectivity index is 1.99. The van der Waals surface area contributed by atoms with Gasteiger partial charge >= 0.3 is 0 Å². The summed E-state index contributed by atoms with van der Waals surface area (Å²) in [5, 5.41) is 22.0. The molecule has 0 bridgehead atoms. The number of hydrogen-bond acceptors (Lipinski definition) is 6. The van der Waals surface area contributed by atoms with Crippen molar-refractivity contribution >= 4 is 0 Å². The number of aliphatic hydroxyl groups excluding tert-OH is 1. The quantitative estimate of drug-likeness (QED) is 0.669. The lowest BCUT2D eigenvalue weighted by atomic mass is 10.0. The Labute approximate surface area is 154 Å². The fourth-order valence-electron chi connectivity index (χ4n) is 2.69. The maximum Gasteiger partial charge on any atom is 0.122 e. The molecule has 0 radical (unpaired) electrons. The number of aliphatic hydroxyl groups is 1. The Hall–Kier alpha value is -2.28. The molecule has 6 heteroatoms. The van der Waals surface area contributed by atoms with Crippen LogP contribution in [0.15, 0.2) is 42.5 Å². The van der Waals surface area contributed by atoms with Gasteiger partial charge in [-0.3, -0.25) is 0 Å². The zero-order valence-electron chi connectivity index (χ0n) is 15.7. The maximum absolute atomic E-state index is 10.5. The molecule has 0 saturated heterocycles. The largest absolute Gasteiger partial charge is 0.497 e. The van der Waals surface area contributed by atoms with E-state index in [1.807, 2.05) is 31.2 Å². The van der Waals surface area contributed by atoms with Gasteiger partial charge in [-0.25, -0.2) is 0 Å². The number of benzene rings is 2. The van der Waals surface area contributed by atoms with Gasteiger partial charge in [0.2, 0.25) is 0 Å². The molecular weight excluding hydrogens is 334 g/mol. The van der Waals surface area contributed by atoms with E-state index in [-0.39, 0.29) is 12.6 Å². The summed E-state index contributed by atoms with van der Waals surface area (Å²) < 4.78 is 15.6. The molecule has 0 aliphatic carbocycles. The molecule has 2 atom stereocenters. The molecule has 26 heavy (non-hydrogen) atoms. The SMILES string of the molecule is COc1ccc(CC(C)N(O)CC(O)c2cc(OC)cc(OC)c2)cc1. The highest BCUT2D eigenvalue weighted by molar-refractivity contribution is 5.39. The van der Waals surface area contributed by atoms with Crippen molar-refractivity contribution < 1.29 is 24.5 Å². The van der Waals surface area contributed by atoms with Crippen LogP contribution in [0.4, 0.5) is 0 Å². The highest BCUT2D eigenvalue weighted by Crippen LogP contribution is 2.27. The molecule has 0 amide bonds. The molecule has 2 aromatic rings. The first-order valence-electron chi connectivity index (χ1n) is 8.46. The lowest BCUT2D eigenvalue weighted by Crippen LogP contribution is -2.35. The van der Waals surface area contributed by atoms with Crippen molar-refractivity contribution in [3.05, 3.63) is 53.6 Å². The summed E-state index contributed by atoms with van der Waals surface area (Å²) in [7, 11) is 4.74. The molecular formula is C20H27NO5. The number of hydrogen-bond donors (Lipinski definition) is 2. The molecule has 0 aliphatic rings. The first kappa shape index (κ1) is 20.0. The smallest absolute Gasteiger partial charge is 0.122 e. The minimum atomic E-state index is -0.873. The molecule has 0 heterocycles. The third-order valence-electron chi connectivity index (χ3n) is 4.32. The second-order valence-electron chi connectivity index (χ2n) is 6.19. The van der Waals surface area contributed by atoms with Crippen LogP contribution in [0.1, 0.15) is 24.2 Å². The zero-order chi connectivity index (χ0) is 19.1. The van der Waals surface area contributed by atoms with E-state index in [1.165, 1.54) is 0 Å². The zero-order valence-corrected chi connectivity index (χ0v) is 15.7. The van der Waals surface area contributed by atoms with Crippen LogP contribution in [0.5, 0.6) is 17.2 Å². The van der Waals surface area contributed by atoms with Crippen LogP contribution in [-0.4, -0.2) is 49.3 Å². The fraction of sp³-hybridized carbons (Fsp3) is 0.400. The van der Waals surface area contributed by atoms with Gasteiger partial charge < -0.3 is 24.5 Å². The van der Waals surface area contributed by atoms with Gasteiger partial charge in [0.05, 0.1) is 34.0 Å². The summed E-state index contributed by atoms with van der Waals surface area (Å²) in [5.74, 6) is 1.98. The molecule has 6 nitrogen and oxygen atoms in total. The van der Waals surface area contributed by atoms with Crippen LogP contribution in [0.2, 0.25) is 0 Å². The van der Waals surface area contributed by atoms with Gasteiger partial charge in [0.1, 0.15) is 17.2 Å². The molecule has 0 spiro atoms. The normalized spacial score (nSPS) is 13.3. The van der Waals surface area contributed by atoms with Gasteiger partial charge in [-0.15, -0.1) is 0 Å². The van der Waals surface area contributed by atoms with Gasteiger partial charge in [0.25, 0.3) is 0 Å². The number of hydroxylamine groups is 2. The van der Waals surface area contributed by atoms with E-state index < -0.39 is 6.10 Å². The number of ether oxygens (including phenoxy) is 3. The molecule has 2 unspecified atom stereocenters. The van der Waals surface area contributed by atoms with Crippen LogP contribution in [0, 0.1) is 0 Å². The van der Waals surface area contributed by atoms with E-state index >= 15 is 0 Å². The van der Waals surface area contributed by atoms with E-state index in [1.54, 1.807) is 39.5 Å². The summed E-state index contributed by atoms with van der Waals surface area (Å²) in [6.07, 6.45) is -0.225. The molecule has 0 saturated carbocycles. The molecule has 2 rings (SSSR count). The predicted octanol–water partition coefficient (Wildman–Crippen LogP) is 3.07. The van der Waals surface area contributed by atoms with Gasteiger partial charge in [-0.1, -0.05) is 12.1 Å². The second kappa shape index (κ2) is 9.43. The Morgan fingerprint density at radius 1 is 0.885 bits per heavy atom. The molecule has 0 aromatic heterocycles. The number of methoxy groups -OCH3 is 3. The van der Waals surface area contributed by atoms with E-state index in [2.05, 4.69) is 0 Å². The maximum atomic E-state index is 10.5. The van der Waals surface area contributed by atoms with Crippen molar-refractivity contribution in [3.8, 4) is 17.2 Å². The molecule has 142 valence electrons. The summed E-state index contributed by atoms with van der Waals surface area (Å²) in [4.78, 5) is 0. The predicted molar refractivity (Wildman–Crippen MR) is 99.2 cm³/mol. The first-order chi connectivity index (χ1) is 12.5. The number of nitrogens with zero attached hydrogens (tertiary/aromatic N) is 1. The average Bonchev–Trinajstić information content (AvgIpc) is 2.67. The van der Waals surface area contributed by atoms with Crippen molar-refractivity contribution in [1.29, 1.82) is 0 Å². The first-order valence-corrected chi connectivity index (χ1v) is 8.46. The van der Waals surface area contributed by atoms with Crippen molar-refractivity contribution in [1.82, 2.24) is 5.06 Å². The van der Waals surface area contributed by atoms with Crippen LogP contribution in [-0.2, 0) is 6.42 Å². The van der Waals surface area contributed by atoms with Crippen LogP contribution in [0.3, 0.4) is 0 Å². The Kier molecular flexibility index (Phi) is 7.26. The summed E-state index contributed by atoms with van der Waals surface area (Å²) in [6, 6.07) is 12.7. The fourth-order valence-corrected chi connectivity index (χ4v) is 2.69. The van der Waals surface area contributed by atoms with E-state index in [4.69, 9.17) is 14.2 Å². The van der Waals surface area contributed by atoms with Crippen molar-refractivity contribution in [3.63, 3.8) is 0 Å². The molecule has 2 aromatic carbocycles. The minimum Gasteiger partial charge on any atom is -0.497 e. The third kappa shape index (κ3) is 5.36. The molecule has 0 fully saturated rings. The Morgan fingerprint density at radius 3 is 1.92 bits per heavy atom. The van der Waals surface area contributed by atoms with Gasteiger partial charge in [-0.2, -0.15) is 5.06 Å². The van der Waals surface area contributed by atoms with E-state index in [9.17, 15) is 10.3 Å². The third-order valence-corrected chi connectivity index (χ3v) is 4.32. The lowest BCUT2D eigenvalue weighted by molar-refractivity contribution is -0.141. The van der Waals surface area contributed by atoms with Crippen molar-refractivity contribution in [2.75, 3.05) is 27.9 Å². The molecule has 2 N–H and O–H groups in total. The van der Waals surface area contributed by atoms with E-state index in [0.29, 0.717) is 23.5 Å². The van der Waals surface area contributed by atoms with Crippen molar-refractivity contribution in [2.45, 2.75) is 25.5 Å². The molecule has 0 aliphatic heterocycles. The van der Waals surface area contributed by atoms with Crippen LogP contribution in [0.25, 0.3) is 0 Å². The summed E-state index contributed by atoms with van der Waals surface area (Å²) >= 11 is 0. The Bertz CT molecular complexity index is 667. The summed E-state index contributed by atoms with van der Waals surface area (Å²) in [6.45, 7) is 1.98. The van der Waals surface area contributed by atoms with Crippen molar-refractivity contribution in [2.24, 2.45) is 0 Å². The topological polar surface area (TPSA) is 71.4 Å². The highest BCUT2D eigenvalue weighted by Gasteiger charge is 2.19. The van der Waals surface area contributed by atoms with Gasteiger partial charge in [-0.05, 0) is 48.7 Å². The standard InChI is InChI=1S/C20H27NO5/c1-14(9-15-5-7-17(24-2)8-6-15)21(23)13-20(22)16-10-18(25-3)12-19(11-16)26-4/h5-8,10-12,14,20,22-23H,9,13H2,1-4H3. The lowest BCUT2D eigenvalue weighted by Gasteiger charge is -2.25. The van der Waals surface area contributed by atoms with Gasteiger partial charge in [0.15, 0.2) is 0 Å². The minimum absolute atomic E-state index is 0.0770. The number of rotatable bonds is 9. The second-order valence-corrected chi connectivity index (χ2v) is 6.19. The summed E-state index contributed by atoms with van der Waals surface area (Å²) in [5.41, 5.74) is 1.70. The average molecular weight is 361 g/mol. The monoisotopic (exact) mass is 361 g/mol. The van der Waals surface area contributed by atoms with E-state index in [0.717, 1.165) is 16.4 Å². The van der Waals surface area contributed by atoms with Crippen LogP contribution >= 0.6 is 0 Å². The van der Waals surface area contributed by atoms with Gasteiger partial charge in [0, 0.05) is 12.1 Å². The van der Waals surface area contributed by atoms with Crippen LogP contribution < -0.4 is 14.2 Å².